The monoisotopic (exact) mass is 613 g/mol. The fourth-order valence-corrected chi connectivity index (χ4v) is 4.65. The number of nitrogens with two attached hydrogens (primary N) is 2. The number of rotatable bonds is 12. The largest absolute Gasteiger partial charge is 0.388 e. The average Bonchev–Trinajstić information content (AvgIpc) is 3.35. The van der Waals surface area contributed by atoms with Gasteiger partial charge in [-0.15, -0.1) is 0 Å². The first-order valence-corrected chi connectivity index (χ1v) is 16.0. The van der Waals surface area contributed by atoms with Crippen LogP contribution in [0.15, 0.2) is 58.4 Å². The van der Waals surface area contributed by atoms with E-state index < -0.39 is 11.5 Å². The molecule has 2 aromatic heterocycles. The second kappa shape index (κ2) is 16.5. The van der Waals surface area contributed by atoms with Gasteiger partial charge in [-0.3, -0.25) is 9.56 Å². The molecule has 0 aliphatic heterocycles. The van der Waals surface area contributed by atoms with Crippen LogP contribution in [-0.2, 0) is 13.0 Å². The number of H-pyrrole nitrogens is 1. The van der Waals surface area contributed by atoms with Gasteiger partial charge in [0, 0.05) is 36.3 Å². The van der Waals surface area contributed by atoms with Crippen LogP contribution >= 0.6 is 23.4 Å². The number of aromatic amines is 1. The molecule has 0 saturated carbocycles. The van der Waals surface area contributed by atoms with Gasteiger partial charge in [-0.25, -0.2) is 9.18 Å². The Morgan fingerprint density at radius 1 is 1.19 bits per heavy atom. The van der Waals surface area contributed by atoms with Crippen LogP contribution in [-0.4, -0.2) is 52.0 Å². The van der Waals surface area contributed by atoms with E-state index >= 15 is 4.39 Å². The summed E-state index contributed by atoms with van der Waals surface area (Å²) in [4.78, 5) is 24.3. The third-order valence-corrected chi connectivity index (χ3v) is 6.70. The Labute approximate surface area is 256 Å². The van der Waals surface area contributed by atoms with Gasteiger partial charge in [-0.05, 0) is 100 Å². The van der Waals surface area contributed by atoms with Gasteiger partial charge in [0.2, 0.25) is 0 Å². The molecule has 0 radical (unpaired) electrons. The lowest BCUT2D eigenvalue weighted by atomic mass is 10.0. The molecular weight excluding hydrogens is 573 g/mol. The third-order valence-electron chi connectivity index (χ3n) is 6.43. The number of aryl methyl sites for hydroxylation is 1. The van der Waals surface area contributed by atoms with Gasteiger partial charge < -0.3 is 21.8 Å². The Balaban J connectivity index is 0.00000155. The lowest BCUT2D eigenvalue weighted by Crippen LogP contribution is -2.20. The van der Waals surface area contributed by atoms with E-state index in [0.29, 0.717) is 46.9 Å². The lowest BCUT2D eigenvalue weighted by molar-refractivity contribution is 0.618. The maximum Gasteiger partial charge on any atom is 0.354 e. The Morgan fingerprint density at radius 3 is 2.57 bits per heavy atom. The van der Waals surface area contributed by atoms with E-state index in [9.17, 15) is 4.79 Å². The van der Waals surface area contributed by atoms with Crippen LogP contribution in [0.25, 0.3) is 28.0 Å². The molecule has 6 N–H and O–H groups in total. The molecule has 2 aromatic carbocycles. The van der Waals surface area contributed by atoms with Crippen LogP contribution in [0.1, 0.15) is 44.2 Å². The molecule has 0 bridgehead atoms. The van der Waals surface area contributed by atoms with Crippen LogP contribution in [0.5, 0.6) is 0 Å². The van der Waals surface area contributed by atoms with Gasteiger partial charge in [-0.2, -0.15) is 16.7 Å². The molecule has 0 aliphatic rings. The number of fused-ring (bicyclic) bond motifs is 1. The molecule has 42 heavy (non-hydrogen) atoms. The van der Waals surface area contributed by atoms with Gasteiger partial charge >= 0.3 is 5.69 Å². The van der Waals surface area contributed by atoms with E-state index in [1.807, 2.05) is 43.7 Å². The second-order valence-corrected chi connectivity index (χ2v) is 11.5. The lowest BCUT2D eigenvalue weighted by Gasteiger charge is -2.09. The quantitative estimate of drug-likeness (QED) is 0.0925. The molecule has 0 fully saturated rings. The molecule has 4 aromatic rings. The fourth-order valence-electron chi connectivity index (χ4n) is 4.40. The van der Waals surface area contributed by atoms with Gasteiger partial charge in [0.15, 0.2) is 5.82 Å². The Bertz CT molecular complexity index is 1530. The molecule has 4 rings (SSSR count). The van der Waals surface area contributed by atoms with E-state index in [0.717, 1.165) is 43.4 Å². The molecule has 0 amide bonds. The van der Waals surface area contributed by atoms with Gasteiger partial charge in [0.1, 0.15) is 5.65 Å². The second-order valence-electron chi connectivity index (χ2n) is 10.3. The van der Waals surface area contributed by atoms with Crippen LogP contribution in [0.2, 0.25) is 5.02 Å². The number of nitrogens with one attached hydrogen (secondary N) is 2. The number of aliphatic imine (C=N–C) groups is 1. The van der Waals surface area contributed by atoms with Crippen molar-refractivity contribution in [3.05, 3.63) is 81.1 Å². The number of benzene rings is 2. The predicted molar refractivity (Wildman–Crippen MR) is 177 cm³/mol. The van der Waals surface area contributed by atoms with Gasteiger partial charge in [-0.1, -0.05) is 23.7 Å². The summed E-state index contributed by atoms with van der Waals surface area (Å²) >= 11 is 7.97. The first-order valence-electron chi connectivity index (χ1n) is 14.0. The van der Waals surface area contributed by atoms with Crippen molar-refractivity contribution in [3.63, 3.8) is 0 Å². The van der Waals surface area contributed by atoms with Crippen molar-refractivity contribution >= 4 is 40.2 Å². The topological polar surface area (TPSA) is 127 Å². The van der Waals surface area contributed by atoms with Crippen molar-refractivity contribution in [2.75, 3.05) is 25.6 Å². The zero-order valence-electron chi connectivity index (χ0n) is 24.7. The number of nitrogens with zero attached hydrogens (tertiary/aromatic N) is 3. The maximum atomic E-state index is 15.0. The van der Waals surface area contributed by atoms with Crippen molar-refractivity contribution in [3.8, 4) is 16.9 Å². The summed E-state index contributed by atoms with van der Waals surface area (Å²) in [7, 11) is 0. The number of hydrogen-bond acceptors (Lipinski definition) is 6. The third kappa shape index (κ3) is 9.69. The van der Waals surface area contributed by atoms with E-state index in [1.54, 1.807) is 43.1 Å². The molecule has 0 aliphatic carbocycles. The SMILES string of the molecule is CC(N)=NCCCNCc1ccc(-n2cc3cc(-c4cc(CCCC(C)N)cc(Cl)c4F)[nH]c3nc2=O)cc1.CSC. The number of hydrogen-bond donors (Lipinski definition) is 4. The molecular formula is C31H41ClFN7OS. The highest BCUT2D eigenvalue weighted by atomic mass is 35.5. The molecule has 1 atom stereocenters. The molecule has 11 heteroatoms. The highest BCUT2D eigenvalue weighted by molar-refractivity contribution is 7.97. The minimum atomic E-state index is -0.513. The summed E-state index contributed by atoms with van der Waals surface area (Å²) in [5, 5.41) is 4.12. The molecule has 8 nitrogen and oxygen atoms in total. The van der Waals surface area contributed by atoms with Gasteiger partial charge in [0.25, 0.3) is 0 Å². The Morgan fingerprint density at radius 2 is 1.90 bits per heavy atom. The number of thioether (sulfide) groups is 1. The molecule has 0 saturated heterocycles. The smallest absolute Gasteiger partial charge is 0.354 e. The van der Waals surface area contributed by atoms with Crippen LogP contribution in [0.3, 0.4) is 0 Å². The molecule has 2 heterocycles. The molecule has 0 spiro atoms. The highest BCUT2D eigenvalue weighted by Crippen LogP contribution is 2.31. The van der Waals surface area contributed by atoms with Crippen LogP contribution in [0.4, 0.5) is 4.39 Å². The minimum Gasteiger partial charge on any atom is -0.388 e. The molecule has 1 unspecified atom stereocenters. The van der Waals surface area contributed by atoms with Crippen molar-refractivity contribution in [2.24, 2.45) is 16.5 Å². The van der Waals surface area contributed by atoms with Crippen molar-refractivity contribution < 1.29 is 4.39 Å². The normalized spacial score (nSPS) is 12.3. The van der Waals surface area contributed by atoms with Crippen LogP contribution in [0, 0.1) is 5.82 Å². The number of amidine groups is 1. The fraction of sp³-hybridized carbons (Fsp3) is 0.387. The highest BCUT2D eigenvalue weighted by Gasteiger charge is 2.15. The zero-order valence-corrected chi connectivity index (χ0v) is 26.3. The summed E-state index contributed by atoms with van der Waals surface area (Å²) in [6.45, 7) is 5.98. The minimum absolute atomic E-state index is 0.0585. The van der Waals surface area contributed by atoms with Crippen molar-refractivity contribution in [2.45, 2.75) is 52.1 Å². The Kier molecular flexibility index (Phi) is 13.1. The predicted octanol–water partition coefficient (Wildman–Crippen LogP) is 5.68. The van der Waals surface area contributed by atoms with E-state index in [-0.39, 0.29) is 11.1 Å². The summed E-state index contributed by atoms with van der Waals surface area (Å²) < 4.78 is 16.5. The molecule has 226 valence electrons. The van der Waals surface area contributed by atoms with Crippen LogP contribution < -0.4 is 22.5 Å². The van der Waals surface area contributed by atoms with Gasteiger partial charge in [0.05, 0.1) is 22.2 Å². The maximum absolute atomic E-state index is 15.0. The van der Waals surface area contributed by atoms with Crippen molar-refractivity contribution in [1.29, 1.82) is 0 Å². The number of halogens is 2. The summed E-state index contributed by atoms with van der Waals surface area (Å²) in [6, 6.07) is 13.0. The average molecular weight is 614 g/mol. The summed E-state index contributed by atoms with van der Waals surface area (Å²) in [6.07, 6.45) is 9.19. The first kappa shape index (κ1) is 33.3. The first-order chi connectivity index (χ1) is 20.1. The van der Waals surface area contributed by atoms with E-state index in [2.05, 4.69) is 20.3 Å². The zero-order chi connectivity index (χ0) is 30.6. The summed E-state index contributed by atoms with van der Waals surface area (Å²) in [5.41, 5.74) is 14.9. The van der Waals surface area contributed by atoms with Crippen molar-refractivity contribution in [1.82, 2.24) is 19.9 Å². The number of aromatic nitrogens is 3. The van der Waals surface area contributed by atoms with E-state index in [4.69, 9.17) is 23.1 Å². The standard InChI is InChI=1S/C29H35ClFN7O.C2H6S/c1-18(32)5-3-6-21-13-24(27(31)25(30)14-21)26-15-22-17-38(29(39)37-28(22)36-26)23-9-7-20(8-10-23)16-34-11-4-12-35-19(2)33;1-3-2/h7-10,13-15,17-18,34H,3-6,11-12,16,32H2,1-2H3,(H2,33,35)(H,36,37,39);1-2H3. The van der Waals surface area contributed by atoms with E-state index in [1.165, 1.54) is 4.57 Å². The summed E-state index contributed by atoms with van der Waals surface area (Å²) in [5.74, 6) is 0.0831. The Hall–Kier alpha value is -3.18.